The molecule has 0 bridgehead atoms. The van der Waals surface area contributed by atoms with Crippen LogP contribution in [0.5, 0.6) is 0 Å². The van der Waals surface area contributed by atoms with Crippen LogP contribution < -0.4 is 15.4 Å². The van der Waals surface area contributed by atoms with Crippen LogP contribution in [-0.2, 0) is 42.9 Å². The second kappa shape index (κ2) is 8.96. The van der Waals surface area contributed by atoms with Crippen molar-refractivity contribution in [1.29, 1.82) is 0 Å². The number of piperidine rings is 1. The van der Waals surface area contributed by atoms with Crippen LogP contribution in [0, 0.1) is 0 Å². The van der Waals surface area contributed by atoms with Gasteiger partial charge in [-0.1, -0.05) is 35.3 Å². The Morgan fingerprint density at radius 3 is 2.47 bits per heavy atom. The lowest BCUT2D eigenvalue weighted by molar-refractivity contribution is -0.134. The van der Waals surface area contributed by atoms with E-state index in [-0.39, 0.29) is 46.3 Å². The highest BCUT2D eigenvalue weighted by Crippen LogP contribution is 2.37. The van der Waals surface area contributed by atoms with Crippen LogP contribution in [0.4, 0.5) is 0 Å². The normalized spacial score (nSPS) is 19.5. The number of hydrogen-bond donors (Lipinski definition) is 3. The van der Waals surface area contributed by atoms with Gasteiger partial charge in [0.2, 0.25) is 27.7 Å². The summed E-state index contributed by atoms with van der Waals surface area (Å²) in [7, 11) is -3.56. The summed E-state index contributed by atoms with van der Waals surface area (Å²) in [6.45, 7) is 3.79. The molecule has 2 aliphatic heterocycles. The lowest BCUT2D eigenvalue weighted by Crippen LogP contribution is -2.40. The van der Waals surface area contributed by atoms with E-state index < -0.39 is 27.3 Å². The van der Waals surface area contributed by atoms with Crippen molar-refractivity contribution in [3.8, 4) is 0 Å². The first kappa shape index (κ1) is 24.7. The van der Waals surface area contributed by atoms with Crippen LogP contribution in [0.1, 0.15) is 54.9 Å². The number of nitrogens with one attached hydrogen (secondary N) is 3. The molecule has 0 radical (unpaired) electrons. The molecule has 3 amide bonds. The van der Waals surface area contributed by atoms with Gasteiger partial charge in [0, 0.05) is 35.1 Å². The van der Waals surface area contributed by atoms with Crippen molar-refractivity contribution in [2.45, 2.75) is 56.0 Å². The smallest absolute Gasteiger partial charge is 0.241 e. The zero-order chi connectivity index (χ0) is 24.8. The molecule has 180 valence electrons. The number of amides is 3. The molecule has 0 saturated carbocycles. The Hall–Kier alpha value is -2.46. The molecule has 1 fully saturated rings. The van der Waals surface area contributed by atoms with Gasteiger partial charge < -0.3 is 5.32 Å². The first-order valence-corrected chi connectivity index (χ1v) is 12.9. The standard InChI is InChI=1S/C23H23Cl2N3O5S/c1-23(2,14-4-3-13-11-27-34(32,33)18(13)9-14)22(31)26-10-12-7-16(24)20(17(25)8-12)15-5-6-19(29)28-21(15)30/h3-4,7-9,15,27H,5-6,10-11H2,1-2H3,(H,26,31)(H,28,29,30). The highest BCUT2D eigenvalue weighted by molar-refractivity contribution is 7.89. The highest BCUT2D eigenvalue weighted by atomic mass is 35.5. The minimum absolute atomic E-state index is 0.127. The number of halogens is 2. The van der Waals surface area contributed by atoms with E-state index in [9.17, 15) is 22.8 Å². The third-order valence-corrected chi connectivity index (χ3v) is 8.39. The molecule has 0 aromatic heterocycles. The molecule has 0 aliphatic carbocycles. The van der Waals surface area contributed by atoms with E-state index in [0.717, 1.165) is 0 Å². The van der Waals surface area contributed by atoms with E-state index in [4.69, 9.17) is 23.2 Å². The molecule has 1 saturated heterocycles. The lowest BCUT2D eigenvalue weighted by atomic mass is 9.83. The molecule has 2 heterocycles. The minimum Gasteiger partial charge on any atom is -0.351 e. The molecule has 11 heteroatoms. The fraction of sp³-hybridized carbons (Fsp3) is 0.348. The highest BCUT2D eigenvalue weighted by Gasteiger charge is 2.34. The summed E-state index contributed by atoms with van der Waals surface area (Å²) in [5.41, 5.74) is 1.32. The quantitative estimate of drug-likeness (QED) is 0.520. The van der Waals surface area contributed by atoms with Crippen LogP contribution in [0.3, 0.4) is 0 Å². The Morgan fingerprint density at radius 2 is 1.82 bits per heavy atom. The van der Waals surface area contributed by atoms with Crippen molar-refractivity contribution in [3.05, 3.63) is 62.6 Å². The van der Waals surface area contributed by atoms with Gasteiger partial charge in [0.05, 0.1) is 16.2 Å². The number of carbonyl (C=O) groups excluding carboxylic acids is 3. The molecule has 2 aromatic carbocycles. The molecule has 4 rings (SSSR count). The number of fused-ring (bicyclic) bond motifs is 1. The van der Waals surface area contributed by atoms with E-state index in [1.807, 2.05) is 0 Å². The average Bonchev–Trinajstić information content (AvgIpc) is 3.07. The summed E-state index contributed by atoms with van der Waals surface area (Å²) in [6.07, 6.45) is 0.524. The fourth-order valence-electron chi connectivity index (χ4n) is 4.17. The summed E-state index contributed by atoms with van der Waals surface area (Å²) in [5.74, 6) is -1.69. The molecule has 1 atom stereocenters. The van der Waals surface area contributed by atoms with Gasteiger partial charge in [-0.05, 0) is 55.2 Å². The molecule has 0 spiro atoms. The Balaban J connectivity index is 1.50. The molecule has 1 unspecified atom stereocenters. The molecule has 3 N–H and O–H groups in total. The first-order chi connectivity index (χ1) is 15.9. The van der Waals surface area contributed by atoms with Crippen LogP contribution >= 0.6 is 23.2 Å². The second-order valence-electron chi connectivity index (χ2n) is 8.93. The first-order valence-electron chi connectivity index (χ1n) is 10.6. The number of sulfonamides is 1. The Morgan fingerprint density at radius 1 is 1.15 bits per heavy atom. The maximum absolute atomic E-state index is 13.0. The summed E-state index contributed by atoms with van der Waals surface area (Å²) >= 11 is 12.9. The molecular formula is C23H23Cl2N3O5S. The van der Waals surface area contributed by atoms with Crippen LogP contribution in [-0.4, -0.2) is 26.1 Å². The predicted molar refractivity (Wildman–Crippen MR) is 127 cm³/mol. The summed E-state index contributed by atoms with van der Waals surface area (Å²) in [6, 6.07) is 8.27. The van der Waals surface area contributed by atoms with Gasteiger partial charge in [-0.25, -0.2) is 13.1 Å². The minimum atomic E-state index is -3.56. The SMILES string of the molecule is CC(C)(C(=O)NCc1cc(Cl)c(C2CCC(=O)NC2=O)c(Cl)c1)c1ccc2c(c1)S(=O)(=O)NC2. The molecular weight excluding hydrogens is 501 g/mol. The largest absolute Gasteiger partial charge is 0.351 e. The van der Waals surface area contributed by atoms with E-state index >= 15 is 0 Å². The zero-order valence-electron chi connectivity index (χ0n) is 18.5. The van der Waals surface area contributed by atoms with Gasteiger partial charge in [-0.2, -0.15) is 0 Å². The third-order valence-electron chi connectivity index (χ3n) is 6.28. The molecule has 34 heavy (non-hydrogen) atoms. The van der Waals surface area contributed by atoms with Crippen LogP contribution in [0.15, 0.2) is 35.2 Å². The second-order valence-corrected chi connectivity index (χ2v) is 11.5. The Labute approximate surface area is 207 Å². The van der Waals surface area contributed by atoms with Crippen LogP contribution in [0.25, 0.3) is 0 Å². The predicted octanol–water partition coefficient (Wildman–Crippen LogP) is 2.90. The molecule has 2 aromatic rings. The van der Waals surface area contributed by atoms with Gasteiger partial charge in [0.1, 0.15) is 0 Å². The van der Waals surface area contributed by atoms with E-state index in [1.165, 1.54) is 6.07 Å². The third kappa shape index (κ3) is 4.57. The fourth-order valence-corrected chi connectivity index (χ4v) is 6.23. The number of imide groups is 1. The molecule has 8 nitrogen and oxygen atoms in total. The van der Waals surface area contributed by atoms with Crippen molar-refractivity contribution in [2.75, 3.05) is 0 Å². The van der Waals surface area contributed by atoms with Crippen LogP contribution in [0.2, 0.25) is 10.0 Å². The van der Waals surface area contributed by atoms with Crippen molar-refractivity contribution in [1.82, 2.24) is 15.4 Å². The van der Waals surface area contributed by atoms with Crippen molar-refractivity contribution >= 4 is 50.9 Å². The average molecular weight is 524 g/mol. The van der Waals surface area contributed by atoms with Gasteiger partial charge in [-0.15, -0.1) is 0 Å². The van der Waals surface area contributed by atoms with E-state index in [2.05, 4.69) is 15.4 Å². The van der Waals surface area contributed by atoms with Crippen molar-refractivity contribution < 1.29 is 22.8 Å². The monoisotopic (exact) mass is 523 g/mol. The maximum atomic E-state index is 13.0. The number of carbonyl (C=O) groups is 3. The van der Waals surface area contributed by atoms with E-state index in [0.29, 0.717) is 28.7 Å². The van der Waals surface area contributed by atoms with Gasteiger partial charge >= 0.3 is 0 Å². The van der Waals surface area contributed by atoms with Crippen molar-refractivity contribution in [3.63, 3.8) is 0 Å². The Kier molecular flexibility index (Phi) is 6.50. The van der Waals surface area contributed by atoms with Crippen molar-refractivity contribution in [2.24, 2.45) is 0 Å². The summed E-state index contributed by atoms with van der Waals surface area (Å²) < 4.78 is 26.8. The number of rotatable bonds is 5. The lowest BCUT2D eigenvalue weighted by Gasteiger charge is -2.25. The van der Waals surface area contributed by atoms with E-state index in [1.54, 1.807) is 38.1 Å². The molecule has 2 aliphatic rings. The summed E-state index contributed by atoms with van der Waals surface area (Å²) in [4.78, 5) is 36.9. The summed E-state index contributed by atoms with van der Waals surface area (Å²) in [5, 5.41) is 5.70. The zero-order valence-corrected chi connectivity index (χ0v) is 20.8. The van der Waals surface area contributed by atoms with Gasteiger partial charge in [0.25, 0.3) is 0 Å². The maximum Gasteiger partial charge on any atom is 0.241 e. The topological polar surface area (TPSA) is 121 Å². The number of hydrogen-bond acceptors (Lipinski definition) is 5. The number of benzene rings is 2. The van der Waals surface area contributed by atoms with Gasteiger partial charge in [-0.3, -0.25) is 19.7 Å². The van der Waals surface area contributed by atoms with Gasteiger partial charge in [0.15, 0.2) is 0 Å². The Bertz CT molecular complexity index is 1300.